The molecule has 4 aromatic rings. The summed E-state index contributed by atoms with van der Waals surface area (Å²) in [6.07, 6.45) is 3.39. The molecule has 27 heavy (non-hydrogen) atoms. The van der Waals surface area contributed by atoms with E-state index in [4.69, 9.17) is 0 Å². The Morgan fingerprint density at radius 3 is 2.78 bits per heavy atom. The van der Waals surface area contributed by atoms with Crippen LogP contribution in [0.3, 0.4) is 0 Å². The average Bonchev–Trinajstić information content (AvgIpc) is 3.25. The number of hydrogen-bond acceptors (Lipinski definition) is 4. The van der Waals surface area contributed by atoms with E-state index in [2.05, 4.69) is 39.8 Å². The van der Waals surface area contributed by atoms with Gasteiger partial charge in [-0.2, -0.15) is 5.26 Å². The largest absolute Gasteiger partial charge is 0.328 e. The third-order valence-electron chi connectivity index (χ3n) is 4.49. The van der Waals surface area contributed by atoms with Crippen LogP contribution in [0.5, 0.6) is 0 Å². The van der Waals surface area contributed by atoms with Gasteiger partial charge < -0.3 is 14.5 Å². The molecule has 1 amide bonds. The van der Waals surface area contributed by atoms with Crippen LogP contribution < -0.4 is 5.32 Å². The fourth-order valence-electron chi connectivity index (χ4n) is 3.21. The molecule has 0 aliphatic rings. The summed E-state index contributed by atoms with van der Waals surface area (Å²) in [5.74, 6) is -0.190. The molecule has 134 valence electrons. The molecule has 0 spiro atoms. The zero-order valence-electron chi connectivity index (χ0n) is 15.0. The molecular weight excluding hydrogens is 340 g/mol. The van der Waals surface area contributed by atoms with Gasteiger partial charge in [-0.3, -0.25) is 4.79 Å². The second-order valence-electron chi connectivity index (χ2n) is 6.65. The highest BCUT2D eigenvalue weighted by molar-refractivity contribution is 5.94. The molecule has 0 bridgehead atoms. The van der Waals surface area contributed by atoms with Gasteiger partial charge in [-0.25, -0.2) is 9.97 Å². The number of amides is 1. The molecule has 7 heteroatoms. The Balaban J connectivity index is 1.57. The summed E-state index contributed by atoms with van der Waals surface area (Å²) >= 11 is 0. The minimum Gasteiger partial charge on any atom is -0.328 e. The van der Waals surface area contributed by atoms with Crippen LogP contribution in [-0.2, 0) is 11.3 Å². The SMILES string of the molecule is CC(C)n1cnc2cc(NC(=O)Cn3cnc4cccc(C#N)c43)ccc21. The number of hydrogen-bond donors (Lipinski definition) is 1. The lowest BCUT2D eigenvalue weighted by Gasteiger charge is -2.09. The van der Waals surface area contributed by atoms with Crippen molar-refractivity contribution in [3.8, 4) is 6.07 Å². The number of nitrogens with zero attached hydrogens (tertiary/aromatic N) is 5. The maximum absolute atomic E-state index is 12.5. The lowest BCUT2D eigenvalue weighted by Crippen LogP contribution is -2.18. The van der Waals surface area contributed by atoms with E-state index in [1.54, 1.807) is 23.0 Å². The first-order valence-electron chi connectivity index (χ1n) is 8.67. The number of carbonyl (C=O) groups is 1. The second-order valence-corrected chi connectivity index (χ2v) is 6.65. The van der Waals surface area contributed by atoms with Crippen molar-refractivity contribution in [2.75, 3.05) is 5.32 Å². The van der Waals surface area contributed by atoms with Crippen LogP contribution in [-0.4, -0.2) is 25.0 Å². The first-order valence-corrected chi connectivity index (χ1v) is 8.67. The zero-order valence-corrected chi connectivity index (χ0v) is 15.0. The first-order chi connectivity index (χ1) is 13.1. The summed E-state index contributed by atoms with van der Waals surface area (Å²) in [6.45, 7) is 4.27. The topological polar surface area (TPSA) is 88.5 Å². The Bertz CT molecular complexity index is 1190. The van der Waals surface area contributed by atoms with Crippen molar-refractivity contribution in [1.82, 2.24) is 19.1 Å². The average molecular weight is 358 g/mol. The van der Waals surface area contributed by atoms with Crippen molar-refractivity contribution in [1.29, 1.82) is 5.26 Å². The van der Waals surface area contributed by atoms with Gasteiger partial charge in [-0.05, 0) is 44.2 Å². The van der Waals surface area contributed by atoms with Crippen molar-refractivity contribution in [3.05, 3.63) is 54.6 Å². The predicted octanol–water partition coefficient (Wildman–Crippen LogP) is 3.48. The van der Waals surface area contributed by atoms with Crippen molar-refractivity contribution < 1.29 is 4.79 Å². The zero-order chi connectivity index (χ0) is 19.0. The summed E-state index contributed by atoms with van der Waals surface area (Å²) in [4.78, 5) is 21.2. The normalized spacial score (nSPS) is 11.2. The molecule has 0 saturated carbocycles. The number of nitrogens with one attached hydrogen (secondary N) is 1. The Morgan fingerprint density at radius 2 is 2.00 bits per heavy atom. The van der Waals surface area contributed by atoms with E-state index >= 15 is 0 Å². The van der Waals surface area contributed by atoms with E-state index in [1.807, 2.05) is 30.6 Å². The third kappa shape index (κ3) is 3.02. The summed E-state index contributed by atoms with van der Waals surface area (Å²) < 4.78 is 3.78. The molecule has 0 saturated heterocycles. The molecule has 1 N–H and O–H groups in total. The summed E-state index contributed by atoms with van der Waals surface area (Å²) in [7, 11) is 0. The summed E-state index contributed by atoms with van der Waals surface area (Å²) in [5.41, 5.74) is 4.41. The van der Waals surface area contributed by atoms with Gasteiger partial charge in [0.2, 0.25) is 5.91 Å². The van der Waals surface area contributed by atoms with E-state index in [1.165, 1.54) is 0 Å². The molecule has 2 heterocycles. The second kappa shape index (κ2) is 6.57. The molecule has 4 rings (SSSR count). The number of benzene rings is 2. The number of aromatic nitrogens is 4. The van der Waals surface area contributed by atoms with E-state index in [-0.39, 0.29) is 12.5 Å². The van der Waals surface area contributed by atoms with Crippen molar-refractivity contribution >= 4 is 33.7 Å². The number of rotatable bonds is 4. The van der Waals surface area contributed by atoms with Crippen LogP contribution in [0.4, 0.5) is 5.69 Å². The van der Waals surface area contributed by atoms with Gasteiger partial charge in [0.1, 0.15) is 12.6 Å². The smallest absolute Gasteiger partial charge is 0.244 e. The van der Waals surface area contributed by atoms with Gasteiger partial charge in [0, 0.05) is 11.7 Å². The van der Waals surface area contributed by atoms with E-state index in [0.29, 0.717) is 28.3 Å². The molecule has 0 unspecified atom stereocenters. The Kier molecular flexibility index (Phi) is 4.09. The molecule has 0 atom stereocenters. The standard InChI is InChI=1S/C20H18N6O/c1-13(2)26-12-23-17-8-15(6-7-18(17)26)24-19(27)10-25-11-22-16-5-3-4-14(9-21)20(16)25/h3-8,11-13H,10H2,1-2H3,(H,24,27). The predicted molar refractivity (Wildman–Crippen MR) is 103 cm³/mol. The summed E-state index contributed by atoms with van der Waals surface area (Å²) in [6, 6.07) is 13.5. The minimum atomic E-state index is -0.190. The highest BCUT2D eigenvalue weighted by atomic mass is 16.1. The van der Waals surface area contributed by atoms with Crippen LogP contribution in [0.15, 0.2) is 49.1 Å². The number of carbonyl (C=O) groups excluding carboxylic acids is 1. The number of nitriles is 1. The van der Waals surface area contributed by atoms with Crippen molar-refractivity contribution in [3.63, 3.8) is 0 Å². The highest BCUT2D eigenvalue weighted by Gasteiger charge is 2.12. The molecule has 2 aromatic heterocycles. The fourth-order valence-corrected chi connectivity index (χ4v) is 3.21. The maximum Gasteiger partial charge on any atom is 0.244 e. The molecular formula is C20H18N6O. The maximum atomic E-state index is 12.5. The molecule has 0 fully saturated rings. The number of para-hydroxylation sites is 1. The van der Waals surface area contributed by atoms with E-state index < -0.39 is 0 Å². The highest BCUT2D eigenvalue weighted by Crippen LogP contribution is 2.22. The molecule has 0 aliphatic heterocycles. The lowest BCUT2D eigenvalue weighted by molar-refractivity contribution is -0.116. The van der Waals surface area contributed by atoms with Crippen molar-refractivity contribution in [2.24, 2.45) is 0 Å². The van der Waals surface area contributed by atoms with Crippen LogP contribution >= 0.6 is 0 Å². The first kappa shape index (κ1) is 16.8. The van der Waals surface area contributed by atoms with Gasteiger partial charge in [0.05, 0.1) is 40.3 Å². The van der Waals surface area contributed by atoms with Crippen molar-refractivity contribution in [2.45, 2.75) is 26.4 Å². The number of anilines is 1. The Morgan fingerprint density at radius 1 is 1.19 bits per heavy atom. The van der Waals surface area contributed by atoms with Crippen LogP contribution in [0.1, 0.15) is 25.5 Å². The summed E-state index contributed by atoms with van der Waals surface area (Å²) in [5, 5.41) is 12.2. The Hall–Kier alpha value is -3.66. The van der Waals surface area contributed by atoms with Gasteiger partial charge in [0.25, 0.3) is 0 Å². The fraction of sp³-hybridized carbons (Fsp3) is 0.200. The lowest BCUT2D eigenvalue weighted by atomic mass is 10.2. The number of imidazole rings is 2. The van der Waals surface area contributed by atoms with Crippen LogP contribution in [0.25, 0.3) is 22.1 Å². The molecule has 2 aromatic carbocycles. The van der Waals surface area contributed by atoms with E-state index in [9.17, 15) is 10.1 Å². The minimum absolute atomic E-state index is 0.0770. The molecule has 7 nitrogen and oxygen atoms in total. The van der Waals surface area contributed by atoms with Crippen LogP contribution in [0, 0.1) is 11.3 Å². The third-order valence-corrected chi connectivity index (χ3v) is 4.49. The number of fused-ring (bicyclic) bond motifs is 2. The molecule has 0 aliphatic carbocycles. The van der Waals surface area contributed by atoms with Gasteiger partial charge in [-0.15, -0.1) is 0 Å². The monoisotopic (exact) mass is 358 g/mol. The van der Waals surface area contributed by atoms with Gasteiger partial charge >= 0.3 is 0 Å². The quantitative estimate of drug-likeness (QED) is 0.605. The molecule has 0 radical (unpaired) electrons. The van der Waals surface area contributed by atoms with Crippen LogP contribution in [0.2, 0.25) is 0 Å². The van der Waals surface area contributed by atoms with E-state index in [0.717, 1.165) is 11.0 Å². The Labute approximate surface area is 155 Å². The van der Waals surface area contributed by atoms with Gasteiger partial charge in [-0.1, -0.05) is 6.07 Å². The van der Waals surface area contributed by atoms with Gasteiger partial charge in [0.15, 0.2) is 0 Å².